The van der Waals surface area contributed by atoms with Crippen LogP contribution >= 0.6 is 0 Å². The van der Waals surface area contributed by atoms with Crippen molar-refractivity contribution in [3.63, 3.8) is 0 Å². The first kappa shape index (κ1) is 25.2. The predicted molar refractivity (Wildman–Crippen MR) is 127 cm³/mol. The van der Waals surface area contributed by atoms with Crippen molar-refractivity contribution in [3.05, 3.63) is 59.7 Å². The molecule has 1 atom stereocenters. The van der Waals surface area contributed by atoms with Gasteiger partial charge in [0.2, 0.25) is 11.8 Å². The lowest BCUT2D eigenvalue weighted by Crippen LogP contribution is -2.49. The number of rotatable bonds is 13. The molecule has 2 amide bonds. The normalized spacial score (nSPS) is 11.5. The number of hydrogen-bond donors (Lipinski definition) is 1. The molecule has 0 saturated heterocycles. The lowest BCUT2D eigenvalue weighted by Gasteiger charge is -2.30. The Kier molecular flexibility index (Phi) is 10.6. The van der Waals surface area contributed by atoms with Crippen molar-refractivity contribution in [2.45, 2.75) is 59.0 Å². The third-order valence-electron chi connectivity index (χ3n) is 5.27. The molecule has 0 fully saturated rings. The van der Waals surface area contributed by atoms with Gasteiger partial charge in [-0.25, -0.2) is 0 Å². The SMILES string of the molecule is CCCNC(=O)[C@H](CC)N(Cc1ccc(OC)cc1)C(=O)CCCOc1ccc(C)cc1. The number of carbonyl (C=O) groups excluding carboxylic acids is 2. The van der Waals surface area contributed by atoms with Crippen molar-refractivity contribution in [3.8, 4) is 11.5 Å². The first-order valence-corrected chi connectivity index (χ1v) is 11.4. The second-order valence-corrected chi connectivity index (χ2v) is 7.85. The third-order valence-corrected chi connectivity index (χ3v) is 5.27. The number of nitrogens with zero attached hydrogens (tertiary/aromatic N) is 1. The minimum atomic E-state index is -0.505. The molecule has 32 heavy (non-hydrogen) atoms. The van der Waals surface area contributed by atoms with Gasteiger partial charge in [0.25, 0.3) is 0 Å². The van der Waals surface area contributed by atoms with E-state index in [1.165, 1.54) is 5.56 Å². The average molecular weight is 441 g/mol. The number of ether oxygens (including phenoxy) is 2. The van der Waals surface area contributed by atoms with E-state index in [9.17, 15) is 9.59 Å². The van der Waals surface area contributed by atoms with Crippen molar-refractivity contribution >= 4 is 11.8 Å². The molecule has 1 N–H and O–H groups in total. The van der Waals surface area contributed by atoms with E-state index in [0.29, 0.717) is 39.0 Å². The molecule has 6 nitrogen and oxygen atoms in total. The number of methoxy groups -OCH3 is 1. The van der Waals surface area contributed by atoms with E-state index in [0.717, 1.165) is 23.5 Å². The Morgan fingerprint density at radius 2 is 1.66 bits per heavy atom. The molecule has 0 aromatic heterocycles. The summed E-state index contributed by atoms with van der Waals surface area (Å²) < 4.78 is 11.0. The van der Waals surface area contributed by atoms with Crippen LogP contribution in [0.25, 0.3) is 0 Å². The number of aryl methyl sites for hydroxylation is 1. The maximum absolute atomic E-state index is 13.2. The van der Waals surface area contributed by atoms with Gasteiger partial charge in [0.15, 0.2) is 0 Å². The van der Waals surface area contributed by atoms with Gasteiger partial charge in [-0.1, -0.05) is 43.7 Å². The predicted octanol–water partition coefficient (Wildman–Crippen LogP) is 4.50. The van der Waals surface area contributed by atoms with Crippen LogP contribution in [0.4, 0.5) is 0 Å². The monoisotopic (exact) mass is 440 g/mol. The molecule has 6 heteroatoms. The Morgan fingerprint density at radius 3 is 2.25 bits per heavy atom. The number of carbonyl (C=O) groups is 2. The number of benzene rings is 2. The molecule has 2 aromatic carbocycles. The van der Waals surface area contributed by atoms with Crippen LogP contribution in [-0.4, -0.2) is 43.0 Å². The summed E-state index contributed by atoms with van der Waals surface area (Å²) in [5.41, 5.74) is 2.13. The Morgan fingerprint density at radius 1 is 1.00 bits per heavy atom. The largest absolute Gasteiger partial charge is 0.497 e. The molecular weight excluding hydrogens is 404 g/mol. The van der Waals surface area contributed by atoms with Gasteiger partial charge in [-0.3, -0.25) is 9.59 Å². The topological polar surface area (TPSA) is 67.9 Å². The number of hydrogen-bond acceptors (Lipinski definition) is 4. The van der Waals surface area contributed by atoms with E-state index in [1.54, 1.807) is 12.0 Å². The molecular formula is C26H36N2O4. The van der Waals surface area contributed by atoms with Gasteiger partial charge in [-0.15, -0.1) is 0 Å². The van der Waals surface area contributed by atoms with Crippen molar-refractivity contribution in [1.29, 1.82) is 0 Å². The number of amides is 2. The van der Waals surface area contributed by atoms with Crippen LogP contribution in [0.15, 0.2) is 48.5 Å². The molecule has 0 aliphatic heterocycles. The standard InChI is InChI=1S/C26H36N2O4/c1-5-17-27-26(30)24(6-2)28(19-21-11-15-22(31-4)16-12-21)25(29)8-7-18-32-23-13-9-20(3)10-14-23/h9-16,24H,5-8,17-19H2,1-4H3,(H,27,30)/t24-/m0/s1. The summed E-state index contributed by atoms with van der Waals surface area (Å²) in [7, 11) is 1.62. The Bertz CT molecular complexity index is 834. The van der Waals surface area contributed by atoms with Crippen molar-refractivity contribution in [1.82, 2.24) is 10.2 Å². The first-order valence-electron chi connectivity index (χ1n) is 11.4. The third kappa shape index (κ3) is 7.91. The van der Waals surface area contributed by atoms with Crippen molar-refractivity contribution in [2.24, 2.45) is 0 Å². The molecule has 0 unspecified atom stereocenters. The molecule has 0 radical (unpaired) electrons. The van der Waals surface area contributed by atoms with Crippen LogP contribution in [-0.2, 0) is 16.1 Å². The molecule has 0 saturated carbocycles. The van der Waals surface area contributed by atoms with Crippen LogP contribution in [0.2, 0.25) is 0 Å². The molecule has 2 aromatic rings. The summed E-state index contributed by atoms with van der Waals surface area (Å²) in [6, 6.07) is 14.9. The first-order chi connectivity index (χ1) is 15.5. The van der Waals surface area contributed by atoms with Crippen LogP contribution < -0.4 is 14.8 Å². The molecule has 0 bridgehead atoms. The van der Waals surface area contributed by atoms with Crippen molar-refractivity contribution in [2.75, 3.05) is 20.3 Å². The minimum Gasteiger partial charge on any atom is -0.497 e. The Balaban J connectivity index is 2.04. The fraction of sp³-hybridized carbons (Fsp3) is 0.462. The summed E-state index contributed by atoms with van der Waals surface area (Å²) in [6.45, 7) is 7.40. The van der Waals surface area contributed by atoms with Crippen LogP contribution in [0.5, 0.6) is 11.5 Å². The van der Waals surface area contributed by atoms with Gasteiger partial charge in [-0.05, 0) is 56.0 Å². The number of nitrogens with one attached hydrogen (secondary N) is 1. The molecule has 174 valence electrons. The smallest absolute Gasteiger partial charge is 0.242 e. The average Bonchev–Trinajstić information content (AvgIpc) is 2.81. The Hall–Kier alpha value is -3.02. The zero-order chi connectivity index (χ0) is 23.3. The van der Waals surface area contributed by atoms with Crippen LogP contribution in [0, 0.1) is 6.92 Å². The van der Waals surface area contributed by atoms with Crippen LogP contribution in [0.1, 0.15) is 50.7 Å². The van der Waals surface area contributed by atoms with E-state index in [-0.39, 0.29) is 11.8 Å². The maximum Gasteiger partial charge on any atom is 0.242 e. The van der Waals surface area contributed by atoms with Gasteiger partial charge < -0.3 is 19.7 Å². The minimum absolute atomic E-state index is 0.0492. The van der Waals surface area contributed by atoms with Gasteiger partial charge in [-0.2, -0.15) is 0 Å². The van der Waals surface area contributed by atoms with Gasteiger partial charge in [0.05, 0.1) is 13.7 Å². The lowest BCUT2D eigenvalue weighted by atomic mass is 10.1. The molecule has 0 aliphatic carbocycles. The van der Waals surface area contributed by atoms with Gasteiger partial charge in [0, 0.05) is 19.5 Å². The molecule has 0 aliphatic rings. The maximum atomic E-state index is 13.2. The summed E-state index contributed by atoms with van der Waals surface area (Å²) in [4.78, 5) is 27.6. The second-order valence-electron chi connectivity index (χ2n) is 7.85. The van der Waals surface area contributed by atoms with Crippen LogP contribution in [0.3, 0.4) is 0 Å². The highest BCUT2D eigenvalue weighted by Crippen LogP contribution is 2.18. The van der Waals surface area contributed by atoms with Gasteiger partial charge in [0.1, 0.15) is 17.5 Å². The zero-order valence-electron chi connectivity index (χ0n) is 19.7. The van der Waals surface area contributed by atoms with Crippen molar-refractivity contribution < 1.29 is 19.1 Å². The highest BCUT2D eigenvalue weighted by Gasteiger charge is 2.28. The summed E-state index contributed by atoms with van der Waals surface area (Å²) in [6.07, 6.45) is 2.31. The zero-order valence-corrected chi connectivity index (χ0v) is 19.7. The van der Waals surface area contributed by atoms with Gasteiger partial charge >= 0.3 is 0 Å². The summed E-state index contributed by atoms with van der Waals surface area (Å²) >= 11 is 0. The summed E-state index contributed by atoms with van der Waals surface area (Å²) in [5.74, 6) is 1.40. The highest BCUT2D eigenvalue weighted by molar-refractivity contribution is 5.87. The Labute approximate surface area is 191 Å². The van der Waals surface area contributed by atoms with E-state index in [4.69, 9.17) is 9.47 Å². The van der Waals surface area contributed by atoms with E-state index in [2.05, 4.69) is 5.32 Å². The summed E-state index contributed by atoms with van der Waals surface area (Å²) in [5, 5.41) is 2.94. The molecule has 0 heterocycles. The fourth-order valence-electron chi connectivity index (χ4n) is 3.40. The lowest BCUT2D eigenvalue weighted by molar-refractivity contribution is -0.141. The van der Waals surface area contributed by atoms with E-state index < -0.39 is 6.04 Å². The quantitative estimate of drug-likeness (QED) is 0.466. The molecule has 2 rings (SSSR count). The fourth-order valence-corrected chi connectivity index (χ4v) is 3.40. The van der Waals surface area contributed by atoms with E-state index >= 15 is 0 Å². The highest BCUT2D eigenvalue weighted by atomic mass is 16.5. The molecule has 0 spiro atoms. The van der Waals surface area contributed by atoms with E-state index in [1.807, 2.05) is 69.3 Å². The second kappa shape index (κ2) is 13.4.